The standard InChI is InChI=1S/C21H16F3N3O4S/c1-20(12-13-10-11-25-17-5-3-2-4-16(13)17)18(28)27(19(29)26-20)14-6-8-15(9-7-14)32(30,31)21(22,23)24/h2-11H,12H2,1H3,(H,26,29)/t20-/m0/s1. The van der Waals surface area contributed by atoms with Crippen LogP contribution in [-0.4, -0.2) is 36.4 Å². The monoisotopic (exact) mass is 463 g/mol. The van der Waals surface area contributed by atoms with Gasteiger partial charge in [0, 0.05) is 18.0 Å². The first-order valence-electron chi connectivity index (χ1n) is 9.35. The molecule has 166 valence electrons. The Morgan fingerprint density at radius 2 is 1.69 bits per heavy atom. The summed E-state index contributed by atoms with van der Waals surface area (Å²) < 4.78 is 61.3. The number of urea groups is 1. The lowest BCUT2D eigenvalue weighted by Crippen LogP contribution is -2.46. The summed E-state index contributed by atoms with van der Waals surface area (Å²) in [5.41, 5.74) is -5.32. The molecule has 7 nitrogen and oxygen atoms in total. The van der Waals surface area contributed by atoms with Gasteiger partial charge in [-0.1, -0.05) is 18.2 Å². The second-order valence-electron chi connectivity index (χ2n) is 7.51. The van der Waals surface area contributed by atoms with Gasteiger partial charge >= 0.3 is 11.5 Å². The largest absolute Gasteiger partial charge is 0.501 e. The van der Waals surface area contributed by atoms with E-state index in [1.807, 2.05) is 24.3 Å². The second kappa shape index (κ2) is 7.30. The van der Waals surface area contributed by atoms with E-state index >= 15 is 0 Å². The minimum atomic E-state index is -5.54. The fraction of sp³-hybridized carbons (Fsp3) is 0.190. The van der Waals surface area contributed by atoms with E-state index < -0.39 is 37.7 Å². The lowest BCUT2D eigenvalue weighted by Gasteiger charge is -2.22. The molecule has 2 heterocycles. The number of rotatable bonds is 4. The van der Waals surface area contributed by atoms with Gasteiger partial charge in [-0.3, -0.25) is 9.78 Å². The maximum Gasteiger partial charge on any atom is 0.501 e. The quantitative estimate of drug-likeness (QED) is 0.597. The minimum Gasteiger partial charge on any atom is -0.323 e. The molecule has 1 aliphatic rings. The summed E-state index contributed by atoms with van der Waals surface area (Å²) in [7, 11) is -5.54. The number of alkyl halides is 3. The molecule has 4 rings (SSSR count). The van der Waals surface area contributed by atoms with E-state index in [1.165, 1.54) is 0 Å². The zero-order valence-corrected chi connectivity index (χ0v) is 17.4. The SMILES string of the molecule is C[C@@]1(Cc2ccnc3ccccc23)NC(=O)N(c2ccc(S(=O)(=O)C(F)(F)F)cc2)C1=O. The maximum absolute atomic E-state index is 13.1. The number of nitrogens with zero attached hydrogens (tertiary/aromatic N) is 2. The van der Waals surface area contributed by atoms with Crippen molar-refractivity contribution in [3.05, 3.63) is 66.4 Å². The summed E-state index contributed by atoms with van der Waals surface area (Å²) in [4.78, 5) is 29.8. The summed E-state index contributed by atoms with van der Waals surface area (Å²) in [5, 5.41) is 3.45. The molecular weight excluding hydrogens is 447 g/mol. The van der Waals surface area contributed by atoms with Gasteiger partial charge in [-0.2, -0.15) is 13.2 Å². The fourth-order valence-corrected chi connectivity index (χ4v) is 4.40. The van der Waals surface area contributed by atoms with Gasteiger partial charge < -0.3 is 5.32 Å². The van der Waals surface area contributed by atoms with Crippen molar-refractivity contribution in [3.63, 3.8) is 0 Å². The lowest BCUT2D eigenvalue weighted by atomic mass is 9.91. The molecule has 1 aliphatic heterocycles. The number of para-hydroxylation sites is 1. The van der Waals surface area contributed by atoms with Crippen molar-refractivity contribution in [3.8, 4) is 0 Å². The lowest BCUT2D eigenvalue weighted by molar-refractivity contribution is -0.121. The normalized spacial score (nSPS) is 19.4. The molecule has 11 heteroatoms. The van der Waals surface area contributed by atoms with Crippen LogP contribution in [-0.2, 0) is 21.1 Å². The van der Waals surface area contributed by atoms with Crippen molar-refractivity contribution in [1.29, 1.82) is 0 Å². The molecule has 3 aromatic rings. The highest BCUT2D eigenvalue weighted by Gasteiger charge is 2.49. The summed E-state index contributed by atoms with van der Waals surface area (Å²) in [6.07, 6.45) is 1.75. The number of fused-ring (bicyclic) bond motifs is 1. The molecule has 0 spiro atoms. The first-order chi connectivity index (χ1) is 14.9. The number of carbonyl (C=O) groups excluding carboxylic acids is 2. The van der Waals surface area contributed by atoms with Gasteiger partial charge in [-0.05, 0) is 48.9 Å². The van der Waals surface area contributed by atoms with E-state index in [4.69, 9.17) is 0 Å². The van der Waals surface area contributed by atoms with Gasteiger partial charge in [-0.25, -0.2) is 18.1 Å². The molecular formula is C21H16F3N3O4S. The maximum atomic E-state index is 13.1. The predicted molar refractivity (Wildman–Crippen MR) is 110 cm³/mol. The first-order valence-corrected chi connectivity index (χ1v) is 10.8. The number of nitrogens with one attached hydrogen (secondary N) is 1. The van der Waals surface area contributed by atoms with E-state index in [0.717, 1.165) is 33.5 Å². The number of imide groups is 1. The van der Waals surface area contributed by atoms with Crippen molar-refractivity contribution in [2.45, 2.75) is 29.3 Å². The number of hydrogen-bond donors (Lipinski definition) is 1. The molecule has 1 atom stereocenters. The van der Waals surface area contributed by atoms with Crippen LogP contribution >= 0.6 is 0 Å². The first kappa shape index (κ1) is 21.8. The summed E-state index contributed by atoms with van der Waals surface area (Å²) in [5.74, 6) is -0.616. The third-order valence-electron chi connectivity index (χ3n) is 5.25. The zero-order chi connectivity index (χ0) is 23.3. The zero-order valence-electron chi connectivity index (χ0n) is 16.6. The number of sulfone groups is 1. The molecule has 0 unspecified atom stereocenters. The third kappa shape index (κ3) is 3.48. The van der Waals surface area contributed by atoms with Crippen molar-refractivity contribution in [1.82, 2.24) is 10.3 Å². The molecule has 1 saturated heterocycles. The Balaban J connectivity index is 1.64. The fourth-order valence-electron chi connectivity index (χ4n) is 3.64. The third-order valence-corrected chi connectivity index (χ3v) is 6.76. The Hall–Kier alpha value is -3.47. The Kier molecular flexibility index (Phi) is 4.96. The van der Waals surface area contributed by atoms with Crippen LogP contribution < -0.4 is 10.2 Å². The molecule has 32 heavy (non-hydrogen) atoms. The van der Waals surface area contributed by atoms with Crippen molar-refractivity contribution in [2.24, 2.45) is 0 Å². The Labute approximate surface area is 180 Å². The molecule has 0 saturated carbocycles. The van der Waals surface area contributed by atoms with Gasteiger partial charge in [0.25, 0.3) is 15.7 Å². The second-order valence-corrected chi connectivity index (χ2v) is 9.45. The van der Waals surface area contributed by atoms with Crippen molar-refractivity contribution < 1.29 is 31.2 Å². The highest BCUT2D eigenvalue weighted by atomic mass is 32.2. The average molecular weight is 463 g/mol. The Bertz CT molecular complexity index is 1340. The highest BCUT2D eigenvalue weighted by Crippen LogP contribution is 2.33. The topological polar surface area (TPSA) is 96.4 Å². The number of halogens is 3. The van der Waals surface area contributed by atoms with E-state index in [-0.39, 0.29) is 12.1 Å². The van der Waals surface area contributed by atoms with Crippen LogP contribution in [0.5, 0.6) is 0 Å². The van der Waals surface area contributed by atoms with Gasteiger partial charge in [-0.15, -0.1) is 0 Å². The highest BCUT2D eigenvalue weighted by molar-refractivity contribution is 7.92. The molecule has 0 bridgehead atoms. The van der Waals surface area contributed by atoms with Gasteiger partial charge in [0.2, 0.25) is 0 Å². The van der Waals surface area contributed by atoms with E-state index in [2.05, 4.69) is 10.3 Å². The number of pyridine rings is 1. The van der Waals surface area contributed by atoms with Crippen LogP contribution in [0.1, 0.15) is 12.5 Å². The van der Waals surface area contributed by atoms with Crippen LogP contribution in [0.4, 0.5) is 23.7 Å². The van der Waals surface area contributed by atoms with Gasteiger partial charge in [0.15, 0.2) is 0 Å². The van der Waals surface area contributed by atoms with Crippen LogP contribution in [0.2, 0.25) is 0 Å². The summed E-state index contributed by atoms with van der Waals surface area (Å²) in [6, 6.07) is 11.7. The van der Waals surface area contributed by atoms with E-state index in [9.17, 15) is 31.2 Å². The molecule has 3 amide bonds. The Morgan fingerprint density at radius 3 is 2.34 bits per heavy atom. The summed E-state index contributed by atoms with van der Waals surface area (Å²) in [6.45, 7) is 1.55. The number of amides is 3. The number of anilines is 1. The number of hydrogen-bond acceptors (Lipinski definition) is 5. The molecule has 1 N–H and O–H groups in total. The van der Waals surface area contributed by atoms with E-state index in [1.54, 1.807) is 19.2 Å². The minimum absolute atomic E-state index is 0.0445. The van der Waals surface area contributed by atoms with Crippen molar-refractivity contribution in [2.75, 3.05) is 4.90 Å². The molecule has 1 fully saturated rings. The number of benzene rings is 2. The average Bonchev–Trinajstić information content (AvgIpc) is 2.95. The van der Waals surface area contributed by atoms with E-state index in [0.29, 0.717) is 12.1 Å². The molecule has 0 aliphatic carbocycles. The van der Waals surface area contributed by atoms with Crippen LogP contribution in [0.25, 0.3) is 10.9 Å². The molecule has 2 aromatic carbocycles. The van der Waals surface area contributed by atoms with Crippen LogP contribution in [0.15, 0.2) is 65.7 Å². The molecule has 0 radical (unpaired) electrons. The van der Waals surface area contributed by atoms with Crippen LogP contribution in [0, 0.1) is 0 Å². The van der Waals surface area contributed by atoms with Gasteiger partial charge in [0.05, 0.1) is 16.1 Å². The predicted octanol–water partition coefficient (Wildman–Crippen LogP) is 3.59. The Morgan fingerprint density at radius 1 is 1.03 bits per heavy atom. The number of aromatic nitrogens is 1. The molecule has 1 aromatic heterocycles. The number of carbonyl (C=O) groups is 2. The summed E-state index contributed by atoms with van der Waals surface area (Å²) >= 11 is 0. The van der Waals surface area contributed by atoms with Crippen molar-refractivity contribution >= 4 is 38.4 Å². The van der Waals surface area contributed by atoms with Gasteiger partial charge in [0.1, 0.15) is 5.54 Å². The smallest absolute Gasteiger partial charge is 0.323 e. The van der Waals surface area contributed by atoms with Crippen LogP contribution in [0.3, 0.4) is 0 Å².